The first-order chi connectivity index (χ1) is 13.8. The largest absolute Gasteiger partial charge is 0.480 e. The molecule has 0 saturated heterocycles. The molecule has 0 fully saturated rings. The second kappa shape index (κ2) is 8.74. The summed E-state index contributed by atoms with van der Waals surface area (Å²) in [7, 11) is 0. The van der Waals surface area contributed by atoms with Crippen molar-refractivity contribution in [3.8, 4) is 0 Å². The lowest BCUT2D eigenvalue weighted by atomic mass is 10.0. The molecule has 2 rings (SSSR count). The summed E-state index contributed by atoms with van der Waals surface area (Å²) in [5.41, 5.74) is -1.94. The Balaban J connectivity index is 2.08. The van der Waals surface area contributed by atoms with Gasteiger partial charge in [-0.15, -0.1) is 0 Å². The molecule has 2 atom stereocenters. The van der Waals surface area contributed by atoms with Crippen LogP contribution in [0.1, 0.15) is 28.4 Å². The third kappa shape index (κ3) is 5.96. The second-order valence-corrected chi connectivity index (χ2v) is 6.32. The van der Waals surface area contributed by atoms with Crippen LogP contribution in [0, 0.1) is 0 Å². The number of rotatable bonds is 6. The summed E-state index contributed by atoms with van der Waals surface area (Å²) in [5.74, 6) is -2.70. The molecule has 0 aliphatic carbocycles. The Kier molecular flexibility index (Phi) is 6.76. The summed E-state index contributed by atoms with van der Waals surface area (Å²) in [6.45, 7) is 0. The van der Waals surface area contributed by atoms with Gasteiger partial charge in [0.2, 0.25) is 0 Å². The number of hydrogen-bond donors (Lipinski definition) is 3. The number of benzene rings is 2. The van der Waals surface area contributed by atoms with Crippen LogP contribution in [0.2, 0.25) is 0 Å². The van der Waals surface area contributed by atoms with Crippen molar-refractivity contribution in [3.05, 3.63) is 70.8 Å². The van der Waals surface area contributed by atoms with E-state index in [-0.39, 0.29) is 17.5 Å². The van der Waals surface area contributed by atoms with Gasteiger partial charge in [-0.3, -0.25) is 4.79 Å². The summed E-state index contributed by atoms with van der Waals surface area (Å²) < 4.78 is 75.4. The van der Waals surface area contributed by atoms with E-state index < -0.39 is 47.5 Å². The molecule has 0 heterocycles. The zero-order valence-electron chi connectivity index (χ0n) is 15.0. The van der Waals surface area contributed by atoms with Crippen molar-refractivity contribution in [1.29, 1.82) is 0 Å². The molecule has 0 aliphatic rings. The molecule has 1 amide bonds. The molecule has 2 aromatic rings. The summed E-state index contributed by atoms with van der Waals surface area (Å²) in [4.78, 5) is 23.5. The number of alkyl halides is 6. The minimum Gasteiger partial charge on any atom is -0.480 e. The first-order valence-corrected chi connectivity index (χ1v) is 8.33. The molecule has 0 spiro atoms. The molecule has 5 nitrogen and oxygen atoms in total. The van der Waals surface area contributed by atoms with Gasteiger partial charge in [0.05, 0.1) is 11.1 Å². The molecule has 30 heavy (non-hydrogen) atoms. The first-order valence-electron chi connectivity index (χ1n) is 8.33. The lowest BCUT2D eigenvalue weighted by Crippen LogP contribution is -2.44. The quantitative estimate of drug-likeness (QED) is 0.606. The molecule has 0 saturated carbocycles. The van der Waals surface area contributed by atoms with Crippen LogP contribution in [0.3, 0.4) is 0 Å². The van der Waals surface area contributed by atoms with Crippen molar-refractivity contribution in [2.45, 2.75) is 30.9 Å². The minimum atomic E-state index is -4.61. The predicted octanol–water partition coefficient (Wildman–Crippen LogP) is 3.57. The fourth-order valence-electron chi connectivity index (χ4n) is 2.52. The van der Waals surface area contributed by atoms with E-state index in [4.69, 9.17) is 0 Å². The van der Waals surface area contributed by atoms with E-state index in [1.165, 1.54) is 0 Å². The second-order valence-electron chi connectivity index (χ2n) is 6.32. The highest BCUT2D eigenvalue weighted by atomic mass is 19.4. The average molecular weight is 435 g/mol. The highest BCUT2D eigenvalue weighted by molar-refractivity contribution is 5.87. The maximum Gasteiger partial charge on any atom is 0.416 e. The number of carbonyl (C=O) groups is 2. The average Bonchev–Trinajstić information content (AvgIpc) is 2.65. The van der Waals surface area contributed by atoms with Crippen LogP contribution in [0.25, 0.3) is 0 Å². The topological polar surface area (TPSA) is 86.6 Å². The van der Waals surface area contributed by atoms with Gasteiger partial charge in [0.15, 0.2) is 6.10 Å². The monoisotopic (exact) mass is 435 g/mol. The van der Waals surface area contributed by atoms with Crippen LogP contribution in [0.15, 0.2) is 48.5 Å². The number of nitrogens with one attached hydrogen (secondary N) is 1. The van der Waals surface area contributed by atoms with E-state index in [1.54, 1.807) is 0 Å². The smallest absolute Gasteiger partial charge is 0.416 e. The molecule has 0 aliphatic heterocycles. The van der Waals surface area contributed by atoms with Gasteiger partial charge < -0.3 is 15.5 Å². The van der Waals surface area contributed by atoms with Gasteiger partial charge >= 0.3 is 18.3 Å². The molecule has 3 N–H and O–H groups in total. The van der Waals surface area contributed by atoms with Crippen LogP contribution in [0.5, 0.6) is 0 Å². The molecule has 0 radical (unpaired) electrons. The molecule has 11 heteroatoms. The number of aliphatic carboxylic acids is 1. The van der Waals surface area contributed by atoms with E-state index in [0.29, 0.717) is 12.1 Å². The van der Waals surface area contributed by atoms with Crippen LogP contribution in [-0.2, 0) is 28.4 Å². The summed E-state index contributed by atoms with van der Waals surface area (Å²) in [6, 6.07) is 5.09. The highest BCUT2D eigenvalue weighted by Crippen LogP contribution is 2.30. The Hall–Kier alpha value is -3.08. The van der Waals surface area contributed by atoms with Crippen LogP contribution in [-0.4, -0.2) is 28.1 Å². The van der Waals surface area contributed by atoms with Gasteiger partial charge in [-0.05, 0) is 35.4 Å². The minimum absolute atomic E-state index is 0.180. The van der Waals surface area contributed by atoms with E-state index in [1.807, 2.05) is 5.32 Å². The zero-order chi connectivity index (χ0) is 22.7. The maximum atomic E-state index is 12.6. The predicted molar refractivity (Wildman–Crippen MR) is 91.1 cm³/mol. The third-order valence-corrected chi connectivity index (χ3v) is 4.14. The zero-order valence-corrected chi connectivity index (χ0v) is 15.0. The van der Waals surface area contributed by atoms with Gasteiger partial charge in [-0.2, -0.15) is 26.3 Å². The lowest BCUT2D eigenvalue weighted by molar-refractivity contribution is -0.143. The SMILES string of the molecule is O=C(O)[C@H](Cc1ccc(C(F)(F)F)cc1)NC(=O)[C@H](O)c1ccc(C(F)(F)F)cc1. The number of carbonyl (C=O) groups excluding carboxylic acids is 1. The molecular weight excluding hydrogens is 420 g/mol. The van der Waals surface area contributed by atoms with Gasteiger partial charge in [0.1, 0.15) is 6.04 Å². The third-order valence-electron chi connectivity index (χ3n) is 4.14. The highest BCUT2D eigenvalue weighted by Gasteiger charge is 2.32. The molecule has 0 unspecified atom stereocenters. The number of halogens is 6. The summed E-state index contributed by atoms with van der Waals surface area (Å²) in [6.07, 6.45) is -11.5. The van der Waals surface area contributed by atoms with Crippen molar-refractivity contribution >= 4 is 11.9 Å². The van der Waals surface area contributed by atoms with Gasteiger partial charge in [0.25, 0.3) is 5.91 Å². The Morgan fingerprint density at radius 2 is 1.27 bits per heavy atom. The van der Waals surface area contributed by atoms with Gasteiger partial charge in [-0.1, -0.05) is 24.3 Å². The number of carboxylic acid groups (broad SMARTS) is 1. The van der Waals surface area contributed by atoms with Crippen molar-refractivity contribution in [2.75, 3.05) is 0 Å². The number of carboxylic acids is 1. The maximum absolute atomic E-state index is 12.6. The van der Waals surface area contributed by atoms with Crippen LogP contribution >= 0.6 is 0 Å². The Bertz CT molecular complexity index is 891. The Labute approximate surface area is 165 Å². The fraction of sp³-hybridized carbons (Fsp3) is 0.263. The molecule has 2 aromatic carbocycles. The molecule has 162 valence electrons. The summed E-state index contributed by atoms with van der Waals surface area (Å²) >= 11 is 0. The van der Waals surface area contributed by atoms with Crippen molar-refractivity contribution in [3.63, 3.8) is 0 Å². The lowest BCUT2D eigenvalue weighted by Gasteiger charge is -2.18. The summed E-state index contributed by atoms with van der Waals surface area (Å²) in [5, 5.41) is 21.3. The van der Waals surface area contributed by atoms with Crippen molar-refractivity contribution < 1.29 is 46.1 Å². The van der Waals surface area contributed by atoms with Crippen LogP contribution in [0.4, 0.5) is 26.3 Å². The van der Waals surface area contributed by atoms with E-state index in [9.17, 15) is 46.1 Å². The van der Waals surface area contributed by atoms with E-state index >= 15 is 0 Å². The van der Waals surface area contributed by atoms with E-state index in [0.717, 1.165) is 36.4 Å². The van der Waals surface area contributed by atoms with Gasteiger partial charge in [-0.25, -0.2) is 4.79 Å². The number of aliphatic hydroxyl groups excluding tert-OH is 1. The van der Waals surface area contributed by atoms with Crippen LogP contribution < -0.4 is 5.32 Å². The number of hydrogen-bond acceptors (Lipinski definition) is 3. The van der Waals surface area contributed by atoms with E-state index in [2.05, 4.69) is 0 Å². The Morgan fingerprint density at radius 1 is 0.833 bits per heavy atom. The molecular formula is C19H15F6NO4. The van der Waals surface area contributed by atoms with Gasteiger partial charge in [0, 0.05) is 6.42 Å². The van der Waals surface area contributed by atoms with Crippen molar-refractivity contribution in [1.82, 2.24) is 5.32 Å². The standard InChI is InChI=1S/C19H15F6NO4/c20-18(21,22)12-5-1-10(2-6-12)9-14(17(29)30)26-16(28)15(27)11-3-7-13(8-4-11)19(23,24)25/h1-8,14-15,27H,9H2,(H,26,28)(H,29,30)/t14-,15+/m0/s1. The molecule has 0 bridgehead atoms. The first kappa shape index (κ1) is 23.2. The Morgan fingerprint density at radius 3 is 1.67 bits per heavy atom. The fourth-order valence-corrected chi connectivity index (χ4v) is 2.52. The molecule has 0 aromatic heterocycles. The number of aliphatic hydroxyl groups is 1. The normalized spacial score (nSPS) is 14.1. The number of amides is 1. The van der Waals surface area contributed by atoms with Crippen molar-refractivity contribution in [2.24, 2.45) is 0 Å².